The van der Waals surface area contributed by atoms with Gasteiger partial charge in [-0.3, -0.25) is 4.79 Å². The molecule has 0 saturated heterocycles. The van der Waals surface area contributed by atoms with Gasteiger partial charge in [-0.1, -0.05) is 12.1 Å². The zero-order chi connectivity index (χ0) is 13.8. The standard InChI is InChI=1S/C12H15F3N2O/c1-8(18)17-10-4-2-9(3-5-10)11(16)6-7-12(13,14)15/h2-5,11H,6-7,16H2,1H3,(H,17,18)/t11-/m1/s1. The third-order valence-corrected chi connectivity index (χ3v) is 2.40. The van der Waals surface area contributed by atoms with E-state index in [9.17, 15) is 18.0 Å². The number of hydrogen-bond donors (Lipinski definition) is 2. The van der Waals surface area contributed by atoms with Gasteiger partial charge in [-0.15, -0.1) is 0 Å². The van der Waals surface area contributed by atoms with E-state index in [2.05, 4.69) is 5.32 Å². The van der Waals surface area contributed by atoms with E-state index >= 15 is 0 Å². The molecule has 0 unspecified atom stereocenters. The fraction of sp³-hybridized carbons (Fsp3) is 0.417. The number of benzene rings is 1. The number of alkyl halides is 3. The molecule has 3 nitrogen and oxygen atoms in total. The average molecular weight is 260 g/mol. The smallest absolute Gasteiger partial charge is 0.326 e. The van der Waals surface area contributed by atoms with Gasteiger partial charge < -0.3 is 11.1 Å². The zero-order valence-corrected chi connectivity index (χ0v) is 9.92. The van der Waals surface area contributed by atoms with Crippen molar-refractivity contribution in [2.24, 2.45) is 5.73 Å². The number of nitrogens with two attached hydrogens (primary N) is 1. The molecule has 1 amide bonds. The molecule has 6 heteroatoms. The van der Waals surface area contributed by atoms with Gasteiger partial charge in [0.15, 0.2) is 0 Å². The molecule has 3 N–H and O–H groups in total. The van der Waals surface area contributed by atoms with Crippen molar-refractivity contribution < 1.29 is 18.0 Å². The summed E-state index contributed by atoms with van der Waals surface area (Å²) in [5.41, 5.74) is 6.88. The second-order valence-electron chi connectivity index (χ2n) is 4.06. The second kappa shape index (κ2) is 5.86. The molecule has 100 valence electrons. The highest BCUT2D eigenvalue weighted by atomic mass is 19.4. The van der Waals surface area contributed by atoms with Crippen molar-refractivity contribution in [3.05, 3.63) is 29.8 Å². The number of carbonyl (C=O) groups excluding carboxylic acids is 1. The predicted molar refractivity (Wildman–Crippen MR) is 63.0 cm³/mol. The minimum absolute atomic E-state index is 0.150. The second-order valence-corrected chi connectivity index (χ2v) is 4.06. The van der Waals surface area contributed by atoms with Crippen LogP contribution in [0, 0.1) is 0 Å². The molecule has 18 heavy (non-hydrogen) atoms. The van der Waals surface area contributed by atoms with Crippen molar-refractivity contribution in [3.8, 4) is 0 Å². The molecule has 0 spiro atoms. The Morgan fingerprint density at radius 1 is 1.33 bits per heavy atom. The Hall–Kier alpha value is -1.56. The third-order valence-electron chi connectivity index (χ3n) is 2.40. The number of anilines is 1. The Kier molecular flexibility index (Phi) is 4.72. The fourth-order valence-electron chi connectivity index (χ4n) is 1.50. The maximum absolute atomic E-state index is 12.0. The normalized spacial score (nSPS) is 13.2. The van der Waals surface area contributed by atoms with Crippen LogP contribution in [0.4, 0.5) is 18.9 Å². The molecule has 0 aliphatic carbocycles. The Bertz CT molecular complexity index is 401. The summed E-state index contributed by atoms with van der Waals surface area (Å²) < 4.78 is 36.1. The van der Waals surface area contributed by atoms with Gasteiger partial charge >= 0.3 is 6.18 Å². The van der Waals surface area contributed by atoms with Gasteiger partial charge in [0, 0.05) is 25.1 Å². The van der Waals surface area contributed by atoms with Crippen LogP contribution < -0.4 is 11.1 Å². The van der Waals surface area contributed by atoms with Gasteiger partial charge in [-0.25, -0.2) is 0 Å². The average Bonchev–Trinajstić information content (AvgIpc) is 2.25. The molecule has 1 aromatic carbocycles. The first kappa shape index (κ1) is 14.5. The molecule has 1 rings (SSSR count). The van der Waals surface area contributed by atoms with E-state index in [0.29, 0.717) is 11.3 Å². The molecule has 0 heterocycles. The summed E-state index contributed by atoms with van der Waals surface area (Å²) in [6.07, 6.45) is -5.24. The Morgan fingerprint density at radius 2 is 1.89 bits per heavy atom. The largest absolute Gasteiger partial charge is 0.389 e. The van der Waals surface area contributed by atoms with Crippen molar-refractivity contribution >= 4 is 11.6 Å². The predicted octanol–water partition coefficient (Wildman–Crippen LogP) is 2.99. The van der Waals surface area contributed by atoms with E-state index in [1.54, 1.807) is 24.3 Å². The van der Waals surface area contributed by atoms with Crippen LogP contribution in [0.25, 0.3) is 0 Å². The van der Waals surface area contributed by atoms with E-state index in [1.165, 1.54) is 6.92 Å². The summed E-state index contributed by atoms with van der Waals surface area (Å²) >= 11 is 0. The molecule has 0 aromatic heterocycles. The van der Waals surface area contributed by atoms with Crippen molar-refractivity contribution in [2.45, 2.75) is 32.0 Å². The summed E-state index contributed by atoms with van der Waals surface area (Å²) in [7, 11) is 0. The Labute approximate surface area is 103 Å². The maximum Gasteiger partial charge on any atom is 0.389 e. The molecule has 0 aliphatic heterocycles. The minimum Gasteiger partial charge on any atom is -0.326 e. The Morgan fingerprint density at radius 3 is 2.33 bits per heavy atom. The van der Waals surface area contributed by atoms with Gasteiger partial charge in [0.1, 0.15) is 0 Å². The van der Waals surface area contributed by atoms with Crippen LogP contribution in [0.15, 0.2) is 24.3 Å². The van der Waals surface area contributed by atoms with Crippen LogP contribution in [0.2, 0.25) is 0 Å². The highest BCUT2D eigenvalue weighted by Gasteiger charge is 2.27. The number of rotatable bonds is 4. The van der Waals surface area contributed by atoms with Gasteiger partial charge in [0.25, 0.3) is 0 Å². The van der Waals surface area contributed by atoms with Crippen LogP contribution in [-0.4, -0.2) is 12.1 Å². The first-order valence-electron chi connectivity index (χ1n) is 5.48. The topological polar surface area (TPSA) is 55.1 Å². The van der Waals surface area contributed by atoms with E-state index in [4.69, 9.17) is 5.73 Å². The number of hydrogen-bond acceptors (Lipinski definition) is 2. The minimum atomic E-state index is -4.19. The molecule has 0 saturated carbocycles. The summed E-state index contributed by atoms with van der Waals surface area (Å²) in [6, 6.07) is 5.81. The SMILES string of the molecule is CC(=O)Nc1ccc([C@H](N)CCC(F)(F)F)cc1. The maximum atomic E-state index is 12.0. The number of amides is 1. The lowest BCUT2D eigenvalue weighted by molar-refractivity contribution is -0.136. The quantitative estimate of drug-likeness (QED) is 0.874. The molecule has 0 bridgehead atoms. The van der Waals surface area contributed by atoms with Gasteiger partial charge in [0.05, 0.1) is 0 Å². The first-order chi connectivity index (χ1) is 8.28. The van der Waals surface area contributed by atoms with E-state index in [-0.39, 0.29) is 12.3 Å². The molecule has 1 atom stereocenters. The van der Waals surface area contributed by atoms with Crippen LogP contribution >= 0.6 is 0 Å². The summed E-state index contributed by atoms with van der Waals surface area (Å²) in [4.78, 5) is 10.8. The fourth-order valence-corrected chi connectivity index (χ4v) is 1.50. The zero-order valence-electron chi connectivity index (χ0n) is 9.92. The molecule has 0 aliphatic rings. The molecule has 0 radical (unpaired) electrons. The lowest BCUT2D eigenvalue weighted by Gasteiger charge is -2.14. The van der Waals surface area contributed by atoms with Gasteiger partial charge in [0.2, 0.25) is 5.91 Å². The van der Waals surface area contributed by atoms with Crippen molar-refractivity contribution in [1.29, 1.82) is 0 Å². The first-order valence-corrected chi connectivity index (χ1v) is 5.48. The van der Waals surface area contributed by atoms with Crippen LogP contribution in [0.1, 0.15) is 31.4 Å². The summed E-state index contributed by atoms with van der Waals surface area (Å²) in [5, 5.41) is 2.57. The number of nitrogens with one attached hydrogen (secondary N) is 1. The van der Waals surface area contributed by atoms with Gasteiger partial charge in [-0.05, 0) is 24.1 Å². The summed E-state index contributed by atoms with van der Waals surface area (Å²) in [5.74, 6) is -0.205. The molecule has 1 aromatic rings. The third kappa shape index (κ3) is 5.18. The van der Waals surface area contributed by atoms with Crippen LogP contribution in [0.5, 0.6) is 0 Å². The monoisotopic (exact) mass is 260 g/mol. The van der Waals surface area contributed by atoms with E-state index < -0.39 is 18.6 Å². The van der Waals surface area contributed by atoms with E-state index in [0.717, 1.165) is 0 Å². The summed E-state index contributed by atoms with van der Waals surface area (Å²) in [6.45, 7) is 1.38. The van der Waals surface area contributed by atoms with Crippen molar-refractivity contribution in [3.63, 3.8) is 0 Å². The highest BCUT2D eigenvalue weighted by Crippen LogP contribution is 2.26. The van der Waals surface area contributed by atoms with Crippen molar-refractivity contribution in [1.82, 2.24) is 0 Å². The van der Waals surface area contributed by atoms with Gasteiger partial charge in [-0.2, -0.15) is 13.2 Å². The molecular weight excluding hydrogens is 245 g/mol. The van der Waals surface area contributed by atoms with E-state index in [1.807, 2.05) is 0 Å². The molecular formula is C12H15F3N2O. The number of halogens is 3. The highest BCUT2D eigenvalue weighted by molar-refractivity contribution is 5.88. The lowest BCUT2D eigenvalue weighted by atomic mass is 10.0. The lowest BCUT2D eigenvalue weighted by Crippen LogP contribution is -2.15. The Balaban J connectivity index is 2.59. The number of carbonyl (C=O) groups is 1. The van der Waals surface area contributed by atoms with Crippen LogP contribution in [0.3, 0.4) is 0 Å². The van der Waals surface area contributed by atoms with Crippen molar-refractivity contribution in [2.75, 3.05) is 5.32 Å². The molecule has 0 fully saturated rings. The van der Waals surface area contributed by atoms with Crippen LogP contribution in [-0.2, 0) is 4.79 Å².